The van der Waals surface area contributed by atoms with Gasteiger partial charge in [-0.2, -0.15) is 13.2 Å². The van der Waals surface area contributed by atoms with Crippen molar-refractivity contribution in [3.63, 3.8) is 0 Å². The van der Waals surface area contributed by atoms with Gasteiger partial charge in [-0.1, -0.05) is 31.0 Å². The molecule has 0 spiro atoms. The Morgan fingerprint density at radius 3 is 2.45 bits per heavy atom. The molecule has 176 valence electrons. The minimum absolute atomic E-state index is 0. The molecule has 2 aliphatic rings. The van der Waals surface area contributed by atoms with E-state index in [0.29, 0.717) is 38.7 Å². The monoisotopic (exact) mass is 555 g/mol. The van der Waals surface area contributed by atoms with Crippen LogP contribution in [0.4, 0.5) is 13.2 Å². The van der Waals surface area contributed by atoms with Crippen LogP contribution in [0.15, 0.2) is 29.3 Å². The fourth-order valence-corrected chi connectivity index (χ4v) is 4.70. The number of nitrogens with one attached hydrogen (secondary N) is 2. The molecule has 1 heterocycles. The maximum absolute atomic E-state index is 13.2. The van der Waals surface area contributed by atoms with Crippen LogP contribution in [0.5, 0.6) is 0 Å². The van der Waals surface area contributed by atoms with E-state index in [1.54, 1.807) is 7.05 Å². The number of ether oxygens (including phenoxy) is 1. The molecular formula is C22H33F3IN3O2. The average Bonchev–Trinajstić information content (AvgIpc) is 3.39. The van der Waals surface area contributed by atoms with Gasteiger partial charge in [0.1, 0.15) is 0 Å². The first-order chi connectivity index (χ1) is 14.3. The first-order valence-corrected chi connectivity index (χ1v) is 10.6. The maximum Gasteiger partial charge on any atom is 0.416 e. The summed E-state index contributed by atoms with van der Waals surface area (Å²) in [7, 11) is 1.69. The predicted molar refractivity (Wildman–Crippen MR) is 126 cm³/mol. The minimum atomic E-state index is -4.34. The lowest BCUT2D eigenvalue weighted by Gasteiger charge is -2.32. The summed E-state index contributed by atoms with van der Waals surface area (Å²) in [6.45, 7) is 2.55. The van der Waals surface area contributed by atoms with Crippen LogP contribution >= 0.6 is 24.0 Å². The third-order valence-corrected chi connectivity index (χ3v) is 6.64. The Morgan fingerprint density at radius 1 is 1.16 bits per heavy atom. The van der Waals surface area contributed by atoms with Crippen molar-refractivity contribution in [2.75, 3.05) is 40.0 Å². The summed E-state index contributed by atoms with van der Waals surface area (Å²) in [6, 6.07) is 5.74. The van der Waals surface area contributed by atoms with Crippen LogP contribution in [0.3, 0.4) is 0 Å². The van der Waals surface area contributed by atoms with Crippen molar-refractivity contribution in [1.82, 2.24) is 10.6 Å². The van der Waals surface area contributed by atoms with Crippen LogP contribution in [0, 0.1) is 5.41 Å². The van der Waals surface area contributed by atoms with E-state index < -0.39 is 11.7 Å². The predicted octanol–water partition coefficient (Wildman–Crippen LogP) is 4.09. The zero-order chi connectivity index (χ0) is 21.7. The average molecular weight is 555 g/mol. The van der Waals surface area contributed by atoms with Crippen molar-refractivity contribution in [2.24, 2.45) is 10.4 Å². The lowest BCUT2D eigenvalue weighted by molar-refractivity contribution is -0.137. The van der Waals surface area contributed by atoms with Crippen LogP contribution in [-0.4, -0.2) is 51.0 Å². The summed E-state index contributed by atoms with van der Waals surface area (Å²) < 4.78 is 45.2. The number of aliphatic hydroxyl groups excluding tert-OH is 1. The minimum Gasteiger partial charge on any atom is -0.396 e. The molecular weight excluding hydrogens is 522 g/mol. The molecule has 1 aromatic carbocycles. The van der Waals surface area contributed by atoms with Crippen molar-refractivity contribution >= 4 is 29.9 Å². The second kappa shape index (κ2) is 11.2. The summed E-state index contributed by atoms with van der Waals surface area (Å²) >= 11 is 0. The summed E-state index contributed by atoms with van der Waals surface area (Å²) in [5.41, 5.74) is -0.309. The van der Waals surface area contributed by atoms with Gasteiger partial charge in [-0.25, -0.2) is 0 Å². The molecule has 0 radical (unpaired) electrons. The Morgan fingerprint density at radius 2 is 1.87 bits per heavy atom. The van der Waals surface area contributed by atoms with Crippen LogP contribution in [0.1, 0.15) is 49.7 Å². The number of guanidine groups is 1. The molecule has 0 bridgehead atoms. The molecule has 9 heteroatoms. The molecule has 1 unspecified atom stereocenters. The van der Waals surface area contributed by atoms with Crippen LogP contribution in [0.25, 0.3) is 0 Å². The van der Waals surface area contributed by atoms with E-state index in [1.165, 1.54) is 12.1 Å². The molecule has 1 aromatic rings. The molecule has 1 atom stereocenters. The van der Waals surface area contributed by atoms with Gasteiger partial charge in [-0.15, -0.1) is 24.0 Å². The van der Waals surface area contributed by atoms with Gasteiger partial charge in [0.15, 0.2) is 5.96 Å². The van der Waals surface area contributed by atoms with Crippen molar-refractivity contribution in [2.45, 2.75) is 50.1 Å². The molecule has 1 aliphatic heterocycles. The normalized spacial score (nSPS) is 23.5. The fourth-order valence-electron chi connectivity index (χ4n) is 4.70. The van der Waals surface area contributed by atoms with E-state index in [4.69, 9.17) is 4.74 Å². The van der Waals surface area contributed by atoms with Crippen molar-refractivity contribution < 1.29 is 23.0 Å². The SMILES string of the molecule is CN=C(NCC1(CCO)CCOC1)NCC1(c2cccc(C(F)(F)F)c2)CCCC1.I. The first-order valence-electron chi connectivity index (χ1n) is 10.6. The molecule has 2 fully saturated rings. The van der Waals surface area contributed by atoms with Gasteiger partial charge in [-0.3, -0.25) is 4.99 Å². The number of alkyl halides is 3. The second-order valence-corrected chi connectivity index (χ2v) is 8.62. The van der Waals surface area contributed by atoms with Crippen molar-refractivity contribution in [3.05, 3.63) is 35.4 Å². The van der Waals surface area contributed by atoms with E-state index in [1.807, 2.05) is 6.07 Å². The van der Waals surface area contributed by atoms with Gasteiger partial charge in [0.2, 0.25) is 0 Å². The van der Waals surface area contributed by atoms with Gasteiger partial charge in [-0.05, 0) is 37.3 Å². The van der Waals surface area contributed by atoms with Gasteiger partial charge in [0.25, 0.3) is 0 Å². The number of hydrogen-bond donors (Lipinski definition) is 3. The molecule has 0 aromatic heterocycles. The molecule has 1 saturated carbocycles. The molecule has 0 amide bonds. The Bertz CT molecular complexity index is 731. The second-order valence-electron chi connectivity index (χ2n) is 8.62. The Hall–Kier alpha value is -1.07. The highest BCUT2D eigenvalue weighted by Gasteiger charge is 2.39. The van der Waals surface area contributed by atoms with Gasteiger partial charge in [0.05, 0.1) is 12.2 Å². The molecule has 1 saturated heterocycles. The summed E-state index contributed by atoms with van der Waals surface area (Å²) in [5.74, 6) is 0.623. The van der Waals surface area contributed by atoms with Crippen molar-refractivity contribution in [3.8, 4) is 0 Å². The number of aliphatic hydroxyl groups is 1. The standard InChI is InChI=1S/C22H32F3N3O2.HI/c1-26-19(27-14-20(9-11-29)10-12-30-16-20)28-15-21(7-2-3-8-21)17-5-4-6-18(13-17)22(23,24)25;/h4-6,13,29H,2-3,7-12,14-16H2,1H3,(H2,26,27,28);1H. The molecule has 1 aliphatic carbocycles. The van der Waals surface area contributed by atoms with E-state index in [9.17, 15) is 18.3 Å². The number of hydrogen-bond acceptors (Lipinski definition) is 3. The highest BCUT2D eigenvalue weighted by atomic mass is 127. The zero-order valence-electron chi connectivity index (χ0n) is 17.9. The molecule has 31 heavy (non-hydrogen) atoms. The topological polar surface area (TPSA) is 65.9 Å². The van der Waals surface area contributed by atoms with Crippen LogP contribution in [-0.2, 0) is 16.3 Å². The third kappa shape index (κ3) is 6.47. The lowest BCUT2D eigenvalue weighted by atomic mass is 9.78. The largest absolute Gasteiger partial charge is 0.416 e. The number of benzene rings is 1. The first kappa shape index (κ1) is 26.2. The third-order valence-electron chi connectivity index (χ3n) is 6.64. The van der Waals surface area contributed by atoms with Gasteiger partial charge < -0.3 is 20.5 Å². The summed E-state index contributed by atoms with van der Waals surface area (Å²) in [5, 5.41) is 16.1. The number of rotatable bonds is 7. The molecule has 5 nitrogen and oxygen atoms in total. The van der Waals surface area contributed by atoms with Crippen molar-refractivity contribution in [1.29, 1.82) is 0 Å². The Kier molecular flexibility index (Phi) is 9.44. The van der Waals surface area contributed by atoms with Gasteiger partial charge >= 0.3 is 6.18 Å². The molecule has 3 N–H and O–H groups in total. The number of nitrogens with zero attached hydrogens (tertiary/aromatic N) is 1. The zero-order valence-corrected chi connectivity index (χ0v) is 20.3. The summed E-state index contributed by atoms with van der Waals surface area (Å²) in [4.78, 5) is 4.29. The molecule has 3 rings (SSSR count). The highest BCUT2D eigenvalue weighted by molar-refractivity contribution is 14.0. The lowest BCUT2D eigenvalue weighted by Crippen LogP contribution is -2.48. The van der Waals surface area contributed by atoms with Crippen LogP contribution in [0.2, 0.25) is 0 Å². The van der Waals surface area contributed by atoms with E-state index in [-0.39, 0.29) is 41.4 Å². The quantitative estimate of drug-likeness (QED) is 0.270. The number of aliphatic imine (C=N–C) groups is 1. The smallest absolute Gasteiger partial charge is 0.396 e. The van der Waals surface area contributed by atoms with E-state index in [2.05, 4.69) is 15.6 Å². The summed E-state index contributed by atoms with van der Waals surface area (Å²) in [6.07, 6.45) is 0.894. The Balaban J connectivity index is 0.00000341. The Labute approximate surface area is 199 Å². The van der Waals surface area contributed by atoms with E-state index in [0.717, 1.165) is 43.7 Å². The fraction of sp³-hybridized carbons (Fsp3) is 0.682. The van der Waals surface area contributed by atoms with Crippen LogP contribution < -0.4 is 10.6 Å². The van der Waals surface area contributed by atoms with E-state index >= 15 is 0 Å². The highest BCUT2D eigenvalue weighted by Crippen LogP contribution is 2.42. The number of halogens is 4. The maximum atomic E-state index is 13.2. The van der Waals surface area contributed by atoms with Gasteiger partial charge in [0, 0.05) is 44.2 Å².